The minimum atomic E-state index is -0.957. The van der Waals surface area contributed by atoms with Crippen molar-refractivity contribution in [2.75, 3.05) is 0 Å². The molecule has 0 aromatic heterocycles. The first-order chi connectivity index (χ1) is 5.13. The maximum Gasteiger partial charge on any atom is 0.318 e. The maximum absolute atomic E-state index is 10.7. The van der Waals surface area contributed by atoms with Gasteiger partial charge in [-0.05, 0) is 6.08 Å². The SMILES string of the molecule is NC(=O)C1=CC=NC(=O)C1=O. The molecule has 0 atom stereocenters. The van der Waals surface area contributed by atoms with Gasteiger partial charge < -0.3 is 5.73 Å². The molecule has 0 saturated carbocycles. The van der Waals surface area contributed by atoms with E-state index in [1.165, 1.54) is 0 Å². The van der Waals surface area contributed by atoms with Crippen LogP contribution in [0.25, 0.3) is 0 Å². The Morgan fingerprint density at radius 2 is 2.09 bits per heavy atom. The molecule has 0 aliphatic carbocycles. The van der Waals surface area contributed by atoms with E-state index in [0.717, 1.165) is 12.3 Å². The molecule has 0 aromatic carbocycles. The summed E-state index contributed by atoms with van der Waals surface area (Å²) in [5.41, 5.74) is 4.46. The summed E-state index contributed by atoms with van der Waals surface area (Å²) < 4.78 is 0. The molecule has 1 aliphatic rings. The molecule has 1 rings (SSSR count). The number of rotatable bonds is 1. The number of allylic oxidation sites excluding steroid dienone is 1. The molecule has 0 bridgehead atoms. The van der Waals surface area contributed by atoms with Gasteiger partial charge in [0, 0.05) is 6.21 Å². The zero-order valence-corrected chi connectivity index (χ0v) is 5.40. The Bertz CT molecular complexity index is 301. The largest absolute Gasteiger partial charge is 0.365 e. The molecule has 0 fully saturated rings. The van der Waals surface area contributed by atoms with Crippen LogP contribution in [0.3, 0.4) is 0 Å². The topological polar surface area (TPSA) is 89.6 Å². The molecular formula is C6H4N2O3. The predicted octanol–water partition coefficient (Wildman–Crippen LogP) is -1.42. The number of Topliss-reactive ketones (excluding diaryl/α,β-unsaturated/α-hetero) is 1. The second kappa shape index (κ2) is 2.45. The quantitative estimate of drug-likeness (QED) is 0.369. The fraction of sp³-hybridized carbons (Fsp3) is 0. The van der Waals surface area contributed by atoms with Crippen LogP contribution in [-0.2, 0) is 14.4 Å². The molecule has 0 unspecified atom stereocenters. The summed E-state index contributed by atoms with van der Waals surface area (Å²) in [6.45, 7) is 0. The number of hydrogen-bond donors (Lipinski definition) is 1. The first-order valence-corrected chi connectivity index (χ1v) is 2.75. The van der Waals surface area contributed by atoms with E-state index in [1.807, 2.05) is 0 Å². The van der Waals surface area contributed by atoms with Gasteiger partial charge in [0.05, 0.1) is 5.57 Å². The fourth-order valence-corrected chi connectivity index (χ4v) is 0.623. The number of dihydropyridines is 1. The van der Waals surface area contributed by atoms with Crippen LogP contribution in [0.15, 0.2) is 16.6 Å². The van der Waals surface area contributed by atoms with Crippen LogP contribution in [-0.4, -0.2) is 23.8 Å². The van der Waals surface area contributed by atoms with Gasteiger partial charge in [-0.3, -0.25) is 14.4 Å². The van der Waals surface area contributed by atoms with Crippen molar-refractivity contribution in [2.24, 2.45) is 10.7 Å². The van der Waals surface area contributed by atoms with Crippen LogP contribution in [0.4, 0.5) is 0 Å². The van der Waals surface area contributed by atoms with Gasteiger partial charge in [0.15, 0.2) is 0 Å². The van der Waals surface area contributed by atoms with Gasteiger partial charge in [-0.15, -0.1) is 0 Å². The third-order valence-corrected chi connectivity index (χ3v) is 1.14. The standard InChI is InChI=1S/C6H4N2O3/c7-5(10)3-1-2-8-6(11)4(3)9/h1-2H,(H2,7,10). The lowest BCUT2D eigenvalue weighted by molar-refractivity contribution is -0.134. The molecule has 5 heteroatoms. The van der Waals surface area contributed by atoms with Gasteiger partial charge in [-0.1, -0.05) is 0 Å². The summed E-state index contributed by atoms with van der Waals surface area (Å²) in [5.74, 6) is -2.81. The van der Waals surface area contributed by atoms with Gasteiger partial charge in [-0.2, -0.15) is 0 Å². The van der Waals surface area contributed by atoms with Crippen LogP contribution < -0.4 is 5.73 Å². The number of carbonyl (C=O) groups is 3. The number of nitrogens with zero attached hydrogens (tertiary/aromatic N) is 1. The lowest BCUT2D eigenvalue weighted by Gasteiger charge is -1.99. The predicted molar refractivity (Wildman–Crippen MR) is 35.8 cm³/mol. The van der Waals surface area contributed by atoms with E-state index in [2.05, 4.69) is 4.99 Å². The molecule has 2 amide bonds. The third-order valence-electron chi connectivity index (χ3n) is 1.14. The summed E-state index contributed by atoms with van der Waals surface area (Å²) in [6, 6.07) is 0. The molecule has 11 heavy (non-hydrogen) atoms. The van der Waals surface area contributed by atoms with E-state index >= 15 is 0 Å². The Morgan fingerprint density at radius 3 is 2.55 bits per heavy atom. The Morgan fingerprint density at radius 1 is 1.45 bits per heavy atom. The Kier molecular flexibility index (Phi) is 1.63. The van der Waals surface area contributed by atoms with Gasteiger partial charge in [0.25, 0.3) is 11.7 Å². The molecular weight excluding hydrogens is 148 g/mol. The molecule has 0 radical (unpaired) electrons. The van der Waals surface area contributed by atoms with E-state index in [4.69, 9.17) is 5.73 Å². The zero-order valence-electron chi connectivity index (χ0n) is 5.40. The van der Waals surface area contributed by atoms with Gasteiger partial charge >= 0.3 is 5.91 Å². The average molecular weight is 152 g/mol. The molecule has 0 spiro atoms. The van der Waals surface area contributed by atoms with E-state index in [9.17, 15) is 14.4 Å². The summed E-state index contributed by atoms with van der Waals surface area (Å²) >= 11 is 0. The van der Waals surface area contributed by atoms with Crippen molar-refractivity contribution in [2.45, 2.75) is 0 Å². The average Bonchev–Trinajstić information content (AvgIpc) is 1.94. The highest BCUT2D eigenvalue weighted by atomic mass is 16.2. The first kappa shape index (κ1) is 7.33. The minimum Gasteiger partial charge on any atom is -0.365 e. The van der Waals surface area contributed by atoms with Crippen LogP contribution >= 0.6 is 0 Å². The lowest BCUT2D eigenvalue weighted by atomic mass is 10.1. The zero-order chi connectivity index (χ0) is 8.43. The molecule has 1 heterocycles. The van der Waals surface area contributed by atoms with Crippen LogP contribution in [0.1, 0.15) is 0 Å². The molecule has 0 saturated heterocycles. The fourth-order valence-electron chi connectivity index (χ4n) is 0.623. The number of aliphatic imine (C=N–C) groups is 1. The van der Waals surface area contributed by atoms with Crippen molar-refractivity contribution in [3.8, 4) is 0 Å². The normalized spacial score (nSPS) is 16.5. The van der Waals surface area contributed by atoms with Crippen molar-refractivity contribution in [3.05, 3.63) is 11.6 Å². The molecule has 0 aromatic rings. The number of carbonyl (C=O) groups excluding carboxylic acids is 3. The van der Waals surface area contributed by atoms with Gasteiger partial charge in [0.2, 0.25) is 0 Å². The third kappa shape index (κ3) is 1.21. The van der Waals surface area contributed by atoms with Crippen molar-refractivity contribution in [1.29, 1.82) is 0 Å². The first-order valence-electron chi connectivity index (χ1n) is 2.75. The van der Waals surface area contributed by atoms with Crippen LogP contribution in [0.5, 0.6) is 0 Å². The molecule has 2 N–H and O–H groups in total. The monoisotopic (exact) mass is 152 g/mol. The van der Waals surface area contributed by atoms with Crippen molar-refractivity contribution in [3.63, 3.8) is 0 Å². The Balaban J connectivity index is 3.06. The highest BCUT2D eigenvalue weighted by Crippen LogP contribution is 2.00. The van der Waals surface area contributed by atoms with E-state index in [1.54, 1.807) is 0 Å². The molecule has 56 valence electrons. The summed E-state index contributed by atoms with van der Waals surface area (Å²) in [4.78, 5) is 34.8. The van der Waals surface area contributed by atoms with Crippen molar-refractivity contribution < 1.29 is 14.4 Å². The number of hydrogen-bond acceptors (Lipinski definition) is 3. The van der Waals surface area contributed by atoms with Crippen molar-refractivity contribution in [1.82, 2.24) is 0 Å². The highest BCUT2D eigenvalue weighted by Gasteiger charge is 2.23. The minimum absolute atomic E-state index is 0.315. The second-order valence-electron chi connectivity index (χ2n) is 1.86. The number of amides is 2. The number of nitrogens with two attached hydrogens (primary N) is 1. The van der Waals surface area contributed by atoms with Crippen LogP contribution in [0, 0.1) is 0 Å². The smallest absolute Gasteiger partial charge is 0.318 e. The number of ketones is 1. The highest BCUT2D eigenvalue weighted by molar-refractivity contribution is 6.51. The second-order valence-corrected chi connectivity index (χ2v) is 1.86. The maximum atomic E-state index is 10.7. The van der Waals surface area contributed by atoms with E-state index in [-0.39, 0.29) is 5.57 Å². The Hall–Kier alpha value is -1.78. The van der Waals surface area contributed by atoms with E-state index < -0.39 is 17.6 Å². The van der Waals surface area contributed by atoms with E-state index in [0.29, 0.717) is 0 Å². The summed E-state index contributed by atoms with van der Waals surface area (Å²) in [5, 5.41) is 0. The van der Waals surface area contributed by atoms with Gasteiger partial charge in [0.1, 0.15) is 0 Å². The molecule has 1 aliphatic heterocycles. The summed E-state index contributed by atoms with van der Waals surface area (Å²) in [6.07, 6.45) is 2.19. The van der Waals surface area contributed by atoms with Gasteiger partial charge in [-0.25, -0.2) is 4.99 Å². The number of primary amides is 1. The van der Waals surface area contributed by atoms with Crippen LogP contribution in [0.2, 0.25) is 0 Å². The Labute approximate surface area is 61.6 Å². The van der Waals surface area contributed by atoms with Crippen molar-refractivity contribution >= 4 is 23.8 Å². The lowest BCUT2D eigenvalue weighted by Crippen LogP contribution is -2.27. The molecule has 5 nitrogen and oxygen atoms in total. The summed E-state index contributed by atoms with van der Waals surface area (Å²) in [7, 11) is 0.